The highest BCUT2D eigenvalue weighted by Crippen LogP contribution is 2.27. The number of nitrogens with zero attached hydrogens (tertiary/aromatic N) is 5. The van der Waals surface area contributed by atoms with Crippen LogP contribution >= 0.6 is 0 Å². The molecule has 0 N–H and O–H groups in total. The van der Waals surface area contributed by atoms with Crippen molar-refractivity contribution in [2.24, 2.45) is 0 Å². The number of rotatable bonds is 4. The standard InChI is InChI=1S/C18H17N5O2/c1-11(2)23-16-8-7-12(10-15(16)20-22-23)17-19-18(25-21-17)13-5-4-6-14(9-13)24-3/h4-11H,1-3H3. The molecule has 0 aliphatic carbocycles. The van der Waals surface area contributed by atoms with E-state index in [9.17, 15) is 0 Å². The molecule has 2 aromatic heterocycles. The van der Waals surface area contributed by atoms with E-state index in [1.807, 2.05) is 47.1 Å². The maximum Gasteiger partial charge on any atom is 0.258 e. The normalized spacial score (nSPS) is 11.4. The fourth-order valence-corrected chi connectivity index (χ4v) is 2.68. The minimum atomic E-state index is 0.251. The van der Waals surface area contributed by atoms with Gasteiger partial charge in [-0.3, -0.25) is 0 Å². The first-order valence-electron chi connectivity index (χ1n) is 7.99. The zero-order chi connectivity index (χ0) is 17.4. The highest BCUT2D eigenvalue weighted by molar-refractivity contribution is 5.80. The van der Waals surface area contributed by atoms with Gasteiger partial charge in [-0.1, -0.05) is 16.4 Å². The lowest BCUT2D eigenvalue weighted by molar-refractivity contribution is 0.413. The molecule has 0 spiro atoms. The van der Waals surface area contributed by atoms with E-state index in [0.717, 1.165) is 27.9 Å². The second kappa shape index (κ2) is 6.01. The molecule has 0 unspecified atom stereocenters. The van der Waals surface area contributed by atoms with Crippen LogP contribution in [0.4, 0.5) is 0 Å². The van der Waals surface area contributed by atoms with Gasteiger partial charge in [0.05, 0.1) is 12.6 Å². The Morgan fingerprint density at radius 1 is 1.08 bits per heavy atom. The lowest BCUT2D eigenvalue weighted by Crippen LogP contribution is -2.02. The van der Waals surface area contributed by atoms with Crippen LogP contribution in [0.1, 0.15) is 19.9 Å². The summed E-state index contributed by atoms with van der Waals surface area (Å²) in [6, 6.07) is 13.6. The van der Waals surface area contributed by atoms with Crippen LogP contribution in [0.3, 0.4) is 0 Å². The second-order valence-electron chi connectivity index (χ2n) is 5.99. The van der Waals surface area contributed by atoms with Gasteiger partial charge in [0.1, 0.15) is 11.3 Å². The zero-order valence-corrected chi connectivity index (χ0v) is 14.2. The van der Waals surface area contributed by atoms with Gasteiger partial charge in [-0.05, 0) is 50.2 Å². The van der Waals surface area contributed by atoms with Crippen LogP contribution in [0.25, 0.3) is 33.9 Å². The third kappa shape index (κ3) is 2.73. The van der Waals surface area contributed by atoms with Gasteiger partial charge in [0.25, 0.3) is 5.89 Å². The van der Waals surface area contributed by atoms with E-state index in [0.29, 0.717) is 11.7 Å². The molecule has 7 nitrogen and oxygen atoms in total. The Morgan fingerprint density at radius 3 is 2.76 bits per heavy atom. The Hall–Kier alpha value is -3.22. The van der Waals surface area contributed by atoms with Crippen LogP contribution in [0, 0.1) is 0 Å². The van der Waals surface area contributed by atoms with Crippen LogP contribution in [0.5, 0.6) is 5.75 Å². The summed E-state index contributed by atoms with van der Waals surface area (Å²) >= 11 is 0. The average Bonchev–Trinajstić information content (AvgIpc) is 3.28. The molecule has 2 heterocycles. The molecular formula is C18H17N5O2. The van der Waals surface area contributed by atoms with Crippen molar-refractivity contribution in [2.75, 3.05) is 7.11 Å². The van der Waals surface area contributed by atoms with Crippen molar-refractivity contribution in [3.63, 3.8) is 0 Å². The average molecular weight is 335 g/mol. The van der Waals surface area contributed by atoms with Gasteiger partial charge >= 0.3 is 0 Å². The van der Waals surface area contributed by atoms with Crippen LogP contribution in [0.15, 0.2) is 47.0 Å². The Bertz CT molecular complexity index is 1030. The lowest BCUT2D eigenvalue weighted by Gasteiger charge is -2.04. The molecule has 126 valence electrons. The summed E-state index contributed by atoms with van der Waals surface area (Å²) in [7, 11) is 1.62. The summed E-state index contributed by atoms with van der Waals surface area (Å²) in [5.74, 6) is 1.70. The van der Waals surface area contributed by atoms with Crippen molar-refractivity contribution in [1.82, 2.24) is 25.1 Å². The second-order valence-corrected chi connectivity index (χ2v) is 5.99. The number of hydrogen-bond donors (Lipinski definition) is 0. The smallest absolute Gasteiger partial charge is 0.258 e. The molecule has 0 saturated heterocycles. The first kappa shape index (κ1) is 15.3. The minimum absolute atomic E-state index is 0.251. The van der Waals surface area contributed by atoms with Gasteiger partial charge in [0, 0.05) is 17.2 Å². The van der Waals surface area contributed by atoms with Gasteiger partial charge in [-0.2, -0.15) is 4.98 Å². The Balaban J connectivity index is 1.71. The van der Waals surface area contributed by atoms with E-state index in [4.69, 9.17) is 9.26 Å². The Morgan fingerprint density at radius 2 is 1.96 bits per heavy atom. The molecule has 0 saturated carbocycles. The molecule has 7 heteroatoms. The molecule has 0 radical (unpaired) electrons. The van der Waals surface area contributed by atoms with E-state index in [-0.39, 0.29) is 6.04 Å². The van der Waals surface area contributed by atoms with E-state index >= 15 is 0 Å². The molecular weight excluding hydrogens is 318 g/mol. The van der Waals surface area contributed by atoms with Gasteiger partial charge in [0.15, 0.2) is 0 Å². The SMILES string of the molecule is COc1cccc(-c2nc(-c3ccc4c(c3)nnn4C(C)C)no2)c1. The number of fused-ring (bicyclic) bond motifs is 1. The highest BCUT2D eigenvalue weighted by atomic mass is 16.5. The van der Waals surface area contributed by atoms with Crippen LogP contribution in [0.2, 0.25) is 0 Å². The molecule has 25 heavy (non-hydrogen) atoms. The minimum Gasteiger partial charge on any atom is -0.497 e. The van der Waals surface area contributed by atoms with Gasteiger partial charge < -0.3 is 9.26 Å². The summed E-state index contributed by atoms with van der Waals surface area (Å²) in [6.45, 7) is 4.14. The topological polar surface area (TPSA) is 78.9 Å². The van der Waals surface area contributed by atoms with Crippen molar-refractivity contribution in [2.45, 2.75) is 19.9 Å². The molecule has 2 aromatic carbocycles. The summed E-state index contributed by atoms with van der Waals surface area (Å²) in [5, 5.41) is 12.5. The maximum atomic E-state index is 5.40. The maximum absolute atomic E-state index is 5.40. The number of aromatic nitrogens is 5. The number of hydrogen-bond acceptors (Lipinski definition) is 6. The fraction of sp³-hybridized carbons (Fsp3) is 0.222. The summed E-state index contributed by atoms with van der Waals surface area (Å²) < 4.78 is 12.5. The van der Waals surface area contributed by atoms with Gasteiger partial charge in [-0.15, -0.1) is 5.10 Å². The third-order valence-electron chi connectivity index (χ3n) is 3.96. The van der Waals surface area contributed by atoms with Crippen LogP contribution in [-0.2, 0) is 0 Å². The predicted molar refractivity (Wildman–Crippen MR) is 93.2 cm³/mol. The highest BCUT2D eigenvalue weighted by Gasteiger charge is 2.14. The largest absolute Gasteiger partial charge is 0.497 e. The Kier molecular flexibility index (Phi) is 3.68. The van der Waals surface area contributed by atoms with Gasteiger partial charge in [-0.25, -0.2) is 4.68 Å². The lowest BCUT2D eigenvalue weighted by atomic mass is 10.2. The fourth-order valence-electron chi connectivity index (χ4n) is 2.68. The summed E-state index contributed by atoms with van der Waals surface area (Å²) in [6.07, 6.45) is 0. The summed E-state index contributed by atoms with van der Waals surface area (Å²) in [4.78, 5) is 4.49. The van der Waals surface area contributed by atoms with E-state index in [1.54, 1.807) is 7.11 Å². The van der Waals surface area contributed by atoms with Crippen LogP contribution in [-0.4, -0.2) is 32.2 Å². The number of benzene rings is 2. The first-order chi connectivity index (χ1) is 12.2. The van der Waals surface area contributed by atoms with Crippen molar-refractivity contribution in [1.29, 1.82) is 0 Å². The quantitative estimate of drug-likeness (QED) is 0.565. The predicted octanol–water partition coefficient (Wildman–Crippen LogP) is 3.74. The number of ether oxygens (including phenoxy) is 1. The van der Waals surface area contributed by atoms with Gasteiger partial charge in [0.2, 0.25) is 5.82 Å². The number of methoxy groups -OCH3 is 1. The monoisotopic (exact) mass is 335 g/mol. The van der Waals surface area contributed by atoms with Crippen LogP contribution < -0.4 is 4.74 Å². The molecule has 4 aromatic rings. The van der Waals surface area contributed by atoms with Crippen molar-refractivity contribution in [3.8, 4) is 28.6 Å². The molecule has 0 aliphatic heterocycles. The van der Waals surface area contributed by atoms with E-state index < -0.39 is 0 Å². The van der Waals surface area contributed by atoms with Crippen molar-refractivity contribution in [3.05, 3.63) is 42.5 Å². The molecule has 0 atom stereocenters. The molecule has 4 rings (SSSR count). The van der Waals surface area contributed by atoms with Crippen molar-refractivity contribution < 1.29 is 9.26 Å². The molecule has 0 amide bonds. The summed E-state index contributed by atoms with van der Waals surface area (Å²) in [5.41, 5.74) is 3.43. The van der Waals surface area contributed by atoms with Crippen molar-refractivity contribution >= 4 is 11.0 Å². The molecule has 0 fully saturated rings. The third-order valence-corrected chi connectivity index (χ3v) is 3.96. The molecule has 0 bridgehead atoms. The first-order valence-corrected chi connectivity index (χ1v) is 7.99. The van der Waals surface area contributed by atoms with E-state index in [2.05, 4.69) is 34.3 Å². The Labute approximate surface area is 144 Å². The molecule has 0 aliphatic rings. The zero-order valence-electron chi connectivity index (χ0n) is 14.2. The van der Waals surface area contributed by atoms with E-state index in [1.165, 1.54) is 0 Å².